The standard InChI is InChI=1S/C26H25NO2/c1-16-12-17(2)24(18(3)13-16)25-23(28)15-20(26(25)29)14-21-10-7-11-22(27-21)19-8-5-4-6-9-19/h4-13,20,25H,14-15H2,1-3H3. The van der Waals surface area contributed by atoms with Gasteiger partial charge in [0, 0.05) is 23.6 Å². The van der Waals surface area contributed by atoms with Crippen LogP contribution in [0.3, 0.4) is 0 Å². The molecule has 0 amide bonds. The number of benzene rings is 2. The predicted molar refractivity (Wildman–Crippen MR) is 115 cm³/mol. The van der Waals surface area contributed by atoms with Crippen LogP contribution in [0.1, 0.15) is 40.3 Å². The first-order chi connectivity index (χ1) is 13.9. The van der Waals surface area contributed by atoms with Crippen LogP contribution in [-0.4, -0.2) is 16.6 Å². The molecule has 3 nitrogen and oxygen atoms in total. The summed E-state index contributed by atoms with van der Waals surface area (Å²) >= 11 is 0. The summed E-state index contributed by atoms with van der Waals surface area (Å²) in [6, 6.07) is 20.0. The second-order valence-corrected chi connectivity index (χ2v) is 8.10. The third kappa shape index (κ3) is 3.77. The molecule has 0 aliphatic heterocycles. The van der Waals surface area contributed by atoms with E-state index in [9.17, 15) is 9.59 Å². The summed E-state index contributed by atoms with van der Waals surface area (Å²) in [5.41, 5.74) is 6.90. The van der Waals surface area contributed by atoms with Crippen LogP contribution in [0.15, 0.2) is 60.7 Å². The lowest BCUT2D eigenvalue weighted by Crippen LogP contribution is -2.19. The molecule has 1 aromatic heterocycles. The molecule has 0 radical (unpaired) electrons. The van der Waals surface area contributed by atoms with Gasteiger partial charge in [0.1, 0.15) is 11.7 Å². The van der Waals surface area contributed by atoms with Gasteiger partial charge in [-0.1, -0.05) is 54.1 Å². The number of aromatic nitrogens is 1. The lowest BCUT2D eigenvalue weighted by atomic mass is 9.86. The topological polar surface area (TPSA) is 47.0 Å². The van der Waals surface area contributed by atoms with E-state index in [2.05, 4.69) is 12.1 Å². The maximum absolute atomic E-state index is 13.2. The van der Waals surface area contributed by atoms with E-state index in [-0.39, 0.29) is 17.5 Å². The van der Waals surface area contributed by atoms with E-state index in [1.54, 1.807) is 0 Å². The Labute approximate surface area is 171 Å². The fourth-order valence-corrected chi connectivity index (χ4v) is 4.59. The van der Waals surface area contributed by atoms with Gasteiger partial charge < -0.3 is 0 Å². The predicted octanol–water partition coefficient (Wildman–Crippen LogP) is 5.16. The number of carbonyl (C=O) groups excluding carboxylic acids is 2. The number of carbonyl (C=O) groups is 2. The van der Waals surface area contributed by atoms with Gasteiger partial charge in [0.2, 0.25) is 0 Å². The molecule has 2 aromatic carbocycles. The highest BCUT2D eigenvalue weighted by Crippen LogP contribution is 2.37. The zero-order chi connectivity index (χ0) is 20.5. The highest BCUT2D eigenvalue weighted by molar-refractivity contribution is 6.15. The minimum atomic E-state index is -0.627. The molecule has 2 unspecified atom stereocenters. The summed E-state index contributed by atoms with van der Waals surface area (Å²) in [5.74, 6) is -0.852. The van der Waals surface area contributed by atoms with Crippen LogP contribution in [0.2, 0.25) is 0 Å². The van der Waals surface area contributed by atoms with Crippen LogP contribution in [0.5, 0.6) is 0 Å². The molecule has 0 N–H and O–H groups in total. The van der Waals surface area contributed by atoms with Gasteiger partial charge in [0.15, 0.2) is 5.78 Å². The lowest BCUT2D eigenvalue weighted by Gasteiger charge is -2.16. The van der Waals surface area contributed by atoms with E-state index in [1.807, 2.05) is 69.3 Å². The molecule has 3 heteroatoms. The second-order valence-electron chi connectivity index (χ2n) is 8.10. The monoisotopic (exact) mass is 383 g/mol. The summed E-state index contributed by atoms with van der Waals surface area (Å²) in [6.45, 7) is 6.03. The van der Waals surface area contributed by atoms with Crippen molar-refractivity contribution in [3.8, 4) is 11.3 Å². The van der Waals surface area contributed by atoms with Gasteiger partial charge in [-0.05, 0) is 56.0 Å². The van der Waals surface area contributed by atoms with E-state index in [0.29, 0.717) is 12.8 Å². The minimum Gasteiger partial charge on any atom is -0.298 e. The third-order valence-corrected chi connectivity index (χ3v) is 5.82. The summed E-state index contributed by atoms with van der Waals surface area (Å²) in [6.07, 6.45) is 0.805. The molecule has 29 heavy (non-hydrogen) atoms. The minimum absolute atomic E-state index is 0.0364. The van der Waals surface area contributed by atoms with E-state index >= 15 is 0 Å². The molecule has 3 aromatic rings. The van der Waals surface area contributed by atoms with Gasteiger partial charge in [-0.15, -0.1) is 0 Å². The molecule has 2 atom stereocenters. The van der Waals surface area contributed by atoms with Crippen LogP contribution in [-0.2, 0) is 16.0 Å². The van der Waals surface area contributed by atoms with E-state index in [4.69, 9.17) is 4.98 Å². The van der Waals surface area contributed by atoms with Crippen molar-refractivity contribution in [1.29, 1.82) is 0 Å². The van der Waals surface area contributed by atoms with E-state index < -0.39 is 5.92 Å². The van der Waals surface area contributed by atoms with Gasteiger partial charge in [0.25, 0.3) is 0 Å². The number of Topliss-reactive ketones (excluding diaryl/α,β-unsaturated/α-hetero) is 2. The summed E-state index contributed by atoms with van der Waals surface area (Å²) < 4.78 is 0. The Bertz CT molecular complexity index is 1060. The first-order valence-corrected chi connectivity index (χ1v) is 10.1. The maximum atomic E-state index is 13.2. The first-order valence-electron chi connectivity index (χ1n) is 10.1. The highest BCUT2D eigenvalue weighted by Gasteiger charge is 2.43. The van der Waals surface area contributed by atoms with Crippen LogP contribution >= 0.6 is 0 Å². The largest absolute Gasteiger partial charge is 0.298 e. The molecule has 1 saturated carbocycles. The quantitative estimate of drug-likeness (QED) is 0.585. The van der Waals surface area contributed by atoms with E-state index in [0.717, 1.165) is 39.2 Å². The Morgan fingerprint density at radius 2 is 1.59 bits per heavy atom. The number of rotatable bonds is 4. The molecule has 1 fully saturated rings. The number of hydrogen-bond acceptors (Lipinski definition) is 3. The number of ketones is 2. The van der Waals surface area contributed by atoms with Crippen molar-refractivity contribution < 1.29 is 9.59 Å². The highest BCUT2D eigenvalue weighted by atomic mass is 16.2. The summed E-state index contributed by atoms with van der Waals surface area (Å²) in [5, 5.41) is 0. The normalized spacial score (nSPS) is 19.0. The van der Waals surface area contributed by atoms with Crippen molar-refractivity contribution in [2.24, 2.45) is 5.92 Å². The first kappa shape index (κ1) is 19.3. The van der Waals surface area contributed by atoms with Crippen LogP contribution < -0.4 is 0 Å². The molecular weight excluding hydrogens is 358 g/mol. The van der Waals surface area contributed by atoms with Gasteiger partial charge in [-0.3, -0.25) is 14.6 Å². The smallest absolute Gasteiger partial charge is 0.151 e. The summed E-state index contributed by atoms with van der Waals surface area (Å²) in [7, 11) is 0. The molecular formula is C26H25NO2. The molecule has 1 aliphatic carbocycles. The van der Waals surface area contributed by atoms with Crippen molar-refractivity contribution in [2.45, 2.75) is 39.5 Å². The number of pyridine rings is 1. The van der Waals surface area contributed by atoms with Gasteiger partial charge >= 0.3 is 0 Å². The van der Waals surface area contributed by atoms with Crippen LogP contribution in [0, 0.1) is 26.7 Å². The van der Waals surface area contributed by atoms with Crippen molar-refractivity contribution in [3.05, 3.63) is 88.6 Å². The number of aryl methyl sites for hydroxylation is 3. The Morgan fingerprint density at radius 1 is 0.897 bits per heavy atom. The zero-order valence-corrected chi connectivity index (χ0v) is 17.1. The third-order valence-electron chi connectivity index (χ3n) is 5.82. The molecule has 4 rings (SSSR count). The molecule has 146 valence electrons. The number of hydrogen-bond donors (Lipinski definition) is 0. The van der Waals surface area contributed by atoms with Crippen molar-refractivity contribution in [3.63, 3.8) is 0 Å². The second kappa shape index (κ2) is 7.75. The zero-order valence-electron chi connectivity index (χ0n) is 17.1. The Balaban J connectivity index is 1.59. The summed E-state index contributed by atoms with van der Waals surface area (Å²) in [4.78, 5) is 30.8. The van der Waals surface area contributed by atoms with Crippen LogP contribution in [0.25, 0.3) is 11.3 Å². The van der Waals surface area contributed by atoms with Crippen molar-refractivity contribution >= 4 is 11.6 Å². The van der Waals surface area contributed by atoms with Gasteiger partial charge in [-0.25, -0.2) is 0 Å². The fraction of sp³-hybridized carbons (Fsp3) is 0.269. The molecule has 1 aliphatic rings. The maximum Gasteiger partial charge on any atom is 0.151 e. The Hall–Kier alpha value is -3.07. The average Bonchev–Trinajstić information content (AvgIpc) is 2.96. The van der Waals surface area contributed by atoms with E-state index in [1.165, 1.54) is 0 Å². The van der Waals surface area contributed by atoms with Gasteiger partial charge in [-0.2, -0.15) is 0 Å². The van der Waals surface area contributed by atoms with Crippen molar-refractivity contribution in [2.75, 3.05) is 0 Å². The molecule has 0 bridgehead atoms. The number of nitrogens with zero attached hydrogens (tertiary/aromatic N) is 1. The average molecular weight is 383 g/mol. The lowest BCUT2D eigenvalue weighted by molar-refractivity contribution is -0.124. The fourth-order valence-electron chi connectivity index (χ4n) is 4.59. The molecule has 1 heterocycles. The Morgan fingerprint density at radius 3 is 2.28 bits per heavy atom. The Kier molecular flexibility index (Phi) is 5.14. The van der Waals surface area contributed by atoms with Gasteiger partial charge in [0.05, 0.1) is 5.69 Å². The van der Waals surface area contributed by atoms with Crippen molar-refractivity contribution in [1.82, 2.24) is 4.98 Å². The molecule has 0 spiro atoms. The SMILES string of the molecule is Cc1cc(C)c(C2C(=O)CC(Cc3cccc(-c4ccccc4)n3)C2=O)c(C)c1. The van der Waals surface area contributed by atoms with Crippen LogP contribution in [0.4, 0.5) is 0 Å². The molecule has 0 saturated heterocycles.